The molecule has 0 spiro atoms. The Balaban J connectivity index is 1.23. The van der Waals surface area contributed by atoms with Gasteiger partial charge in [-0.05, 0) is 44.7 Å². The number of hydrogen-bond donors (Lipinski definition) is 2. The number of unbranched alkanes of at least 4 members (excludes halogenated alkanes) is 1. The molecular weight excluding hydrogens is 400 g/mol. The average Bonchev–Trinajstić information content (AvgIpc) is 3.22. The molecule has 2 N–H and O–H groups in total. The average molecular weight is 443 g/mol. The van der Waals surface area contributed by atoms with Crippen LogP contribution in [0.25, 0.3) is 0 Å². The van der Waals surface area contributed by atoms with Crippen molar-refractivity contribution in [3.8, 4) is 0 Å². The standard InChI is InChI=1S/C25H42N6O/c1-2-26-25(28-14-9-17-31-16-8-12-24(31)32)27-13-6-7-15-29-18-20-30(21-19-29)22-23-10-4-3-5-11-23/h3-5,10-11H,2,6-9,12-22H2,1H3,(H2,26,27,28). The Hall–Kier alpha value is -2.12. The summed E-state index contributed by atoms with van der Waals surface area (Å²) >= 11 is 0. The van der Waals surface area contributed by atoms with Gasteiger partial charge < -0.3 is 20.4 Å². The predicted molar refractivity (Wildman–Crippen MR) is 132 cm³/mol. The number of benzene rings is 1. The van der Waals surface area contributed by atoms with E-state index in [2.05, 4.69) is 62.7 Å². The summed E-state index contributed by atoms with van der Waals surface area (Å²) in [4.78, 5) is 23.5. The summed E-state index contributed by atoms with van der Waals surface area (Å²) in [5, 5.41) is 6.79. The van der Waals surface area contributed by atoms with E-state index in [-0.39, 0.29) is 0 Å². The van der Waals surface area contributed by atoms with Crippen LogP contribution in [0.15, 0.2) is 35.3 Å². The fourth-order valence-corrected chi connectivity index (χ4v) is 4.41. The summed E-state index contributed by atoms with van der Waals surface area (Å²) < 4.78 is 0. The quantitative estimate of drug-likeness (QED) is 0.295. The molecule has 2 aliphatic rings. The Bertz CT molecular complexity index is 687. The maximum absolute atomic E-state index is 11.7. The summed E-state index contributed by atoms with van der Waals surface area (Å²) in [6, 6.07) is 10.8. The maximum atomic E-state index is 11.7. The topological polar surface area (TPSA) is 63.2 Å². The number of carbonyl (C=O) groups is 1. The van der Waals surface area contributed by atoms with E-state index in [0.29, 0.717) is 5.91 Å². The third kappa shape index (κ3) is 8.79. The Morgan fingerprint density at radius 3 is 2.44 bits per heavy atom. The van der Waals surface area contributed by atoms with Crippen LogP contribution in [0.3, 0.4) is 0 Å². The van der Waals surface area contributed by atoms with E-state index in [1.807, 2.05) is 4.90 Å². The van der Waals surface area contributed by atoms with Crippen LogP contribution in [0.5, 0.6) is 0 Å². The number of aliphatic imine (C=N–C) groups is 1. The smallest absolute Gasteiger partial charge is 0.222 e. The van der Waals surface area contributed by atoms with Crippen molar-refractivity contribution in [2.45, 2.75) is 45.6 Å². The van der Waals surface area contributed by atoms with Gasteiger partial charge >= 0.3 is 0 Å². The summed E-state index contributed by atoms with van der Waals surface area (Å²) in [5.74, 6) is 1.20. The number of piperazine rings is 1. The van der Waals surface area contributed by atoms with Crippen LogP contribution in [0, 0.1) is 0 Å². The first-order chi connectivity index (χ1) is 15.7. The highest BCUT2D eigenvalue weighted by Crippen LogP contribution is 2.10. The monoisotopic (exact) mass is 442 g/mol. The van der Waals surface area contributed by atoms with E-state index in [1.165, 1.54) is 31.6 Å². The number of nitrogens with one attached hydrogen (secondary N) is 2. The number of likely N-dealkylation sites (tertiary alicyclic amines) is 1. The number of carbonyl (C=O) groups excluding carboxylic acids is 1. The van der Waals surface area contributed by atoms with E-state index in [0.717, 1.165) is 84.0 Å². The van der Waals surface area contributed by atoms with Gasteiger partial charge in [0.25, 0.3) is 0 Å². The van der Waals surface area contributed by atoms with Crippen molar-refractivity contribution >= 4 is 11.9 Å². The fourth-order valence-electron chi connectivity index (χ4n) is 4.41. The molecule has 0 saturated carbocycles. The van der Waals surface area contributed by atoms with E-state index in [4.69, 9.17) is 0 Å². The van der Waals surface area contributed by atoms with Crippen LogP contribution in [-0.4, -0.2) is 92.0 Å². The van der Waals surface area contributed by atoms with Crippen LogP contribution in [0.2, 0.25) is 0 Å². The van der Waals surface area contributed by atoms with Crippen molar-refractivity contribution in [2.24, 2.45) is 4.99 Å². The molecule has 0 bridgehead atoms. The largest absolute Gasteiger partial charge is 0.357 e. The molecule has 7 heteroatoms. The van der Waals surface area contributed by atoms with Crippen LogP contribution >= 0.6 is 0 Å². The van der Waals surface area contributed by atoms with Crippen LogP contribution < -0.4 is 10.6 Å². The Morgan fingerprint density at radius 1 is 0.938 bits per heavy atom. The van der Waals surface area contributed by atoms with E-state index in [9.17, 15) is 4.79 Å². The molecule has 0 unspecified atom stereocenters. The van der Waals surface area contributed by atoms with Crippen LogP contribution in [0.1, 0.15) is 44.6 Å². The summed E-state index contributed by atoms with van der Waals surface area (Å²) in [7, 11) is 0. The van der Waals surface area contributed by atoms with Crippen LogP contribution in [0.4, 0.5) is 0 Å². The second kappa shape index (κ2) is 14.1. The zero-order valence-corrected chi connectivity index (χ0v) is 19.9. The highest BCUT2D eigenvalue weighted by molar-refractivity contribution is 5.79. The summed E-state index contributed by atoms with van der Waals surface area (Å²) in [6.07, 6.45) is 5.02. The molecule has 32 heavy (non-hydrogen) atoms. The molecule has 0 aromatic heterocycles. The molecule has 2 saturated heterocycles. The van der Waals surface area contributed by atoms with Gasteiger partial charge in [0.2, 0.25) is 5.91 Å². The lowest BCUT2D eigenvalue weighted by atomic mass is 10.2. The zero-order valence-electron chi connectivity index (χ0n) is 19.9. The molecule has 178 valence electrons. The van der Waals surface area contributed by atoms with Gasteiger partial charge in [0.05, 0.1) is 0 Å². The van der Waals surface area contributed by atoms with Crippen molar-refractivity contribution in [1.82, 2.24) is 25.3 Å². The first-order valence-corrected chi connectivity index (χ1v) is 12.5. The molecule has 0 radical (unpaired) electrons. The molecule has 1 aromatic carbocycles. The third-order valence-corrected chi connectivity index (χ3v) is 6.28. The minimum absolute atomic E-state index is 0.302. The second-order valence-electron chi connectivity index (χ2n) is 8.84. The lowest BCUT2D eigenvalue weighted by Crippen LogP contribution is -2.46. The lowest BCUT2D eigenvalue weighted by Gasteiger charge is -2.34. The number of rotatable bonds is 12. The van der Waals surface area contributed by atoms with E-state index in [1.54, 1.807) is 0 Å². The molecule has 2 aliphatic heterocycles. The van der Waals surface area contributed by atoms with Crippen molar-refractivity contribution in [2.75, 3.05) is 65.4 Å². The van der Waals surface area contributed by atoms with Gasteiger partial charge in [-0.1, -0.05) is 30.3 Å². The SMILES string of the molecule is CCNC(=NCCCN1CCCC1=O)NCCCCN1CCN(Cc2ccccc2)CC1. The summed E-state index contributed by atoms with van der Waals surface area (Å²) in [6.45, 7) is 13.3. The number of nitrogens with zero attached hydrogens (tertiary/aromatic N) is 4. The molecule has 1 aromatic rings. The van der Waals surface area contributed by atoms with Gasteiger partial charge in [0.1, 0.15) is 0 Å². The Morgan fingerprint density at radius 2 is 1.72 bits per heavy atom. The van der Waals surface area contributed by atoms with E-state index >= 15 is 0 Å². The zero-order chi connectivity index (χ0) is 22.4. The Kier molecular flexibility index (Phi) is 10.8. The highest BCUT2D eigenvalue weighted by atomic mass is 16.2. The second-order valence-corrected chi connectivity index (χ2v) is 8.84. The van der Waals surface area contributed by atoms with Crippen molar-refractivity contribution in [3.63, 3.8) is 0 Å². The molecule has 2 heterocycles. The van der Waals surface area contributed by atoms with Crippen molar-refractivity contribution in [1.29, 1.82) is 0 Å². The molecule has 1 amide bonds. The van der Waals surface area contributed by atoms with E-state index < -0.39 is 0 Å². The first kappa shape index (κ1) is 24.5. The number of amides is 1. The lowest BCUT2D eigenvalue weighted by molar-refractivity contribution is -0.127. The van der Waals surface area contributed by atoms with Crippen molar-refractivity contribution in [3.05, 3.63) is 35.9 Å². The first-order valence-electron chi connectivity index (χ1n) is 12.5. The number of guanidine groups is 1. The molecule has 0 atom stereocenters. The normalized spacial score (nSPS) is 18.3. The predicted octanol–water partition coefficient (Wildman–Crippen LogP) is 2.15. The minimum atomic E-state index is 0.302. The fraction of sp³-hybridized carbons (Fsp3) is 0.680. The van der Waals surface area contributed by atoms with Gasteiger partial charge in [0.15, 0.2) is 5.96 Å². The molecule has 2 fully saturated rings. The van der Waals surface area contributed by atoms with Gasteiger partial charge in [0, 0.05) is 71.9 Å². The molecular formula is C25H42N6O. The number of hydrogen-bond acceptors (Lipinski definition) is 4. The third-order valence-electron chi connectivity index (χ3n) is 6.28. The highest BCUT2D eigenvalue weighted by Gasteiger charge is 2.19. The molecule has 0 aliphatic carbocycles. The molecule has 3 rings (SSSR count). The summed E-state index contributed by atoms with van der Waals surface area (Å²) in [5.41, 5.74) is 1.41. The minimum Gasteiger partial charge on any atom is -0.357 e. The maximum Gasteiger partial charge on any atom is 0.222 e. The Labute approximate surface area is 194 Å². The van der Waals surface area contributed by atoms with Gasteiger partial charge in [-0.3, -0.25) is 14.7 Å². The van der Waals surface area contributed by atoms with Gasteiger partial charge in [-0.15, -0.1) is 0 Å². The molecule has 7 nitrogen and oxygen atoms in total. The van der Waals surface area contributed by atoms with Gasteiger partial charge in [-0.2, -0.15) is 0 Å². The van der Waals surface area contributed by atoms with Crippen molar-refractivity contribution < 1.29 is 4.79 Å². The van der Waals surface area contributed by atoms with Crippen LogP contribution in [-0.2, 0) is 11.3 Å². The van der Waals surface area contributed by atoms with Gasteiger partial charge in [-0.25, -0.2) is 0 Å².